The number of nitrogens with one attached hydrogen (secondary N) is 4. The second-order valence-electron chi connectivity index (χ2n) is 8.70. The molecule has 0 spiro atoms. The lowest BCUT2D eigenvalue weighted by Crippen LogP contribution is -2.61. The predicted molar refractivity (Wildman–Crippen MR) is 127 cm³/mol. The van der Waals surface area contributed by atoms with Gasteiger partial charge in [0.1, 0.15) is 18.1 Å². The maximum atomic E-state index is 12.8. The van der Waals surface area contributed by atoms with E-state index in [1.807, 2.05) is 18.2 Å². The van der Waals surface area contributed by atoms with Crippen molar-refractivity contribution < 1.29 is 34.5 Å². The van der Waals surface area contributed by atoms with Gasteiger partial charge in [-0.15, -0.1) is 0 Å². The zero-order chi connectivity index (χ0) is 26.3. The second-order valence-corrected chi connectivity index (χ2v) is 8.70. The van der Waals surface area contributed by atoms with Gasteiger partial charge in [0.05, 0.1) is 18.8 Å². The number of H-pyrrole nitrogens is 1. The molecule has 192 valence electrons. The average Bonchev–Trinajstić information content (AvgIpc) is 3.21. The number of carboxylic acid groups (broad SMARTS) is 1. The maximum absolute atomic E-state index is 12.8. The number of carbonyl (C=O) groups is 4. The molecular weight excluding hydrogens is 458 g/mol. The molecule has 9 N–H and O–H groups in total. The molecular formula is C23H33N5O7. The van der Waals surface area contributed by atoms with Crippen molar-refractivity contribution in [3.05, 3.63) is 36.0 Å². The highest BCUT2D eigenvalue weighted by Gasteiger charge is 2.33. The number of benzene rings is 1. The molecule has 0 aliphatic carbocycles. The molecule has 0 aliphatic rings. The van der Waals surface area contributed by atoms with E-state index < -0.39 is 60.6 Å². The van der Waals surface area contributed by atoms with Crippen LogP contribution in [0.25, 0.3) is 10.9 Å². The van der Waals surface area contributed by atoms with Gasteiger partial charge in [0.15, 0.2) is 0 Å². The number of aromatic amines is 1. The number of para-hydroxylation sites is 1. The van der Waals surface area contributed by atoms with E-state index in [1.54, 1.807) is 26.1 Å². The summed E-state index contributed by atoms with van der Waals surface area (Å²) in [5, 5.41) is 37.0. The summed E-state index contributed by atoms with van der Waals surface area (Å²) in [5.41, 5.74) is 7.22. The molecule has 0 bridgehead atoms. The Morgan fingerprint density at radius 1 is 0.971 bits per heavy atom. The van der Waals surface area contributed by atoms with Gasteiger partial charge in [0.2, 0.25) is 17.7 Å². The first-order valence-electron chi connectivity index (χ1n) is 11.2. The van der Waals surface area contributed by atoms with Crippen LogP contribution in [0.15, 0.2) is 30.5 Å². The topological polar surface area (TPSA) is 207 Å². The third-order valence-electron chi connectivity index (χ3n) is 5.61. The number of carboxylic acids is 1. The van der Waals surface area contributed by atoms with Crippen LogP contribution in [-0.4, -0.2) is 80.9 Å². The number of carbonyl (C=O) groups excluding carboxylic acids is 3. The molecule has 2 rings (SSSR count). The van der Waals surface area contributed by atoms with Gasteiger partial charge >= 0.3 is 5.97 Å². The molecule has 3 amide bonds. The van der Waals surface area contributed by atoms with E-state index in [0.717, 1.165) is 10.9 Å². The smallest absolute Gasteiger partial charge is 0.326 e. The first-order valence-corrected chi connectivity index (χ1v) is 11.2. The standard InChI is InChI=1S/C23H33N5O7/c1-11(2)18(24)21(32)27-17(10-29)20(31)28-19(12(3)30)22(33)26-16(23(34)35)8-13-9-25-15-7-5-4-6-14(13)15/h4-7,9,11-12,16-19,25,29-30H,8,10,24H2,1-3H3,(H,26,33)(H,27,32)(H,28,31)(H,34,35). The van der Waals surface area contributed by atoms with Gasteiger partial charge in [-0.25, -0.2) is 4.79 Å². The molecule has 0 saturated heterocycles. The number of aromatic nitrogens is 1. The highest BCUT2D eigenvalue weighted by molar-refractivity contribution is 5.94. The Hall–Kier alpha value is -3.48. The summed E-state index contributed by atoms with van der Waals surface area (Å²) in [4.78, 5) is 52.5. The molecule has 12 nitrogen and oxygen atoms in total. The van der Waals surface area contributed by atoms with Crippen molar-refractivity contribution in [3.63, 3.8) is 0 Å². The van der Waals surface area contributed by atoms with E-state index in [9.17, 15) is 34.5 Å². The molecule has 35 heavy (non-hydrogen) atoms. The minimum absolute atomic E-state index is 0.0476. The van der Waals surface area contributed by atoms with Crippen molar-refractivity contribution >= 4 is 34.6 Å². The minimum atomic E-state index is -1.54. The van der Waals surface area contributed by atoms with Crippen LogP contribution in [0.4, 0.5) is 0 Å². The quantitative estimate of drug-likeness (QED) is 0.177. The van der Waals surface area contributed by atoms with Crippen LogP contribution in [0.5, 0.6) is 0 Å². The fourth-order valence-electron chi connectivity index (χ4n) is 3.41. The van der Waals surface area contributed by atoms with Gasteiger partial charge in [-0.05, 0) is 24.5 Å². The van der Waals surface area contributed by atoms with Crippen molar-refractivity contribution in [1.82, 2.24) is 20.9 Å². The Kier molecular flexibility index (Phi) is 9.75. The van der Waals surface area contributed by atoms with E-state index in [4.69, 9.17) is 5.73 Å². The Morgan fingerprint density at radius 3 is 2.17 bits per heavy atom. The van der Waals surface area contributed by atoms with Crippen LogP contribution in [0.3, 0.4) is 0 Å². The Bertz CT molecular complexity index is 1050. The largest absolute Gasteiger partial charge is 0.480 e. The number of aliphatic hydroxyl groups is 2. The van der Waals surface area contributed by atoms with Crippen LogP contribution in [0.1, 0.15) is 26.3 Å². The lowest BCUT2D eigenvalue weighted by molar-refractivity contribution is -0.143. The van der Waals surface area contributed by atoms with Crippen molar-refractivity contribution in [2.45, 2.75) is 57.5 Å². The molecule has 2 aromatic rings. The van der Waals surface area contributed by atoms with Crippen molar-refractivity contribution in [2.24, 2.45) is 11.7 Å². The second kappa shape index (κ2) is 12.3. The Morgan fingerprint density at radius 2 is 1.60 bits per heavy atom. The lowest BCUT2D eigenvalue weighted by Gasteiger charge is -2.26. The van der Waals surface area contributed by atoms with Crippen molar-refractivity contribution in [1.29, 1.82) is 0 Å². The molecule has 0 fully saturated rings. The number of aliphatic carboxylic acids is 1. The van der Waals surface area contributed by atoms with Crippen LogP contribution in [0.2, 0.25) is 0 Å². The van der Waals surface area contributed by atoms with Crippen LogP contribution >= 0.6 is 0 Å². The fraction of sp³-hybridized carbons (Fsp3) is 0.478. The molecule has 12 heteroatoms. The Labute approximate surface area is 202 Å². The number of amides is 3. The third-order valence-corrected chi connectivity index (χ3v) is 5.61. The molecule has 1 heterocycles. The van der Waals surface area contributed by atoms with E-state index in [1.165, 1.54) is 6.92 Å². The van der Waals surface area contributed by atoms with Gasteiger partial charge in [-0.1, -0.05) is 32.0 Å². The minimum Gasteiger partial charge on any atom is -0.480 e. The molecule has 1 aromatic heterocycles. The zero-order valence-corrected chi connectivity index (χ0v) is 19.8. The van der Waals surface area contributed by atoms with Gasteiger partial charge in [-0.2, -0.15) is 0 Å². The van der Waals surface area contributed by atoms with E-state index in [2.05, 4.69) is 20.9 Å². The molecule has 5 unspecified atom stereocenters. The maximum Gasteiger partial charge on any atom is 0.326 e. The van der Waals surface area contributed by atoms with Gasteiger partial charge < -0.3 is 42.0 Å². The third kappa shape index (κ3) is 7.25. The van der Waals surface area contributed by atoms with Gasteiger partial charge in [-0.3, -0.25) is 14.4 Å². The van der Waals surface area contributed by atoms with E-state index in [0.29, 0.717) is 5.56 Å². The SMILES string of the molecule is CC(C)C(N)C(=O)NC(CO)C(=O)NC(C(=O)NC(Cc1c[nH]c2ccccc12)C(=O)O)C(C)O. The number of hydrogen-bond donors (Lipinski definition) is 8. The normalized spacial score (nSPS) is 15.6. The highest BCUT2D eigenvalue weighted by atomic mass is 16.4. The predicted octanol–water partition coefficient (Wildman–Crippen LogP) is -1.39. The summed E-state index contributed by atoms with van der Waals surface area (Å²) in [7, 11) is 0. The number of nitrogens with two attached hydrogens (primary N) is 1. The summed E-state index contributed by atoms with van der Waals surface area (Å²) >= 11 is 0. The first-order chi connectivity index (χ1) is 16.5. The summed E-state index contributed by atoms with van der Waals surface area (Å²) in [6, 6.07) is 2.03. The summed E-state index contributed by atoms with van der Waals surface area (Å²) < 4.78 is 0. The van der Waals surface area contributed by atoms with Gasteiger partial charge in [0.25, 0.3) is 0 Å². The van der Waals surface area contributed by atoms with Crippen LogP contribution in [-0.2, 0) is 25.6 Å². The van der Waals surface area contributed by atoms with Crippen molar-refractivity contribution in [2.75, 3.05) is 6.61 Å². The van der Waals surface area contributed by atoms with Crippen LogP contribution in [0, 0.1) is 5.92 Å². The average molecular weight is 492 g/mol. The molecule has 1 aromatic carbocycles. The number of hydrogen-bond acceptors (Lipinski definition) is 7. The number of fused-ring (bicyclic) bond motifs is 1. The van der Waals surface area contributed by atoms with Crippen LogP contribution < -0.4 is 21.7 Å². The molecule has 5 atom stereocenters. The molecule has 0 radical (unpaired) electrons. The zero-order valence-electron chi connectivity index (χ0n) is 19.8. The van der Waals surface area contributed by atoms with Gasteiger partial charge in [0, 0.05) is 23.5 Å². The van der Waals surface area contributed by atoms with E-state index >= 15 is 0 Å². The monoisotopic (exact) mass is 491 g/mol. The molecule has 0 saturated carbocycles. The molecule has 0 aliphatic heterocycles. The number of rotatable bonds is 12. The Balaban J connectivity index is 2.11. The first kappa shape index (κ1) is 27.8. The number of aliphatic hydroxyl groups excluding tert-OH is 2. The highest BCUT2D eigenvalue weighted by Crippen LogP contribution is 2.19. The van der Waals surface area contributed by atoms with Crippen molar-refractivity contribution in [3.8, 4) is 0 Å². The van der Waals surface area contributed by atoms with E-state index in [-0.39, 0.29) is 12.3 Å². The lowest BCUT2D eigenvalue weighted by atomic mass is 10.0. The summed E-state index contributed by atoms with van der Waals surface area (Å²) in [5.74, 6) is -4.08. The fourth-order valence-corrected chi connectivity index (χ4v) is 3.41. The summed E-state index contributed by atoms with van der Waals surface area (Å²) in [6.07, 6.45) is 0.194. The summed E-state index contributed by atoms with van der Waals surface area (Å²) in [6.45, 7) is 3.87.